The Morgan fingerprint density at radius 2 is 2.27 bits per heavy atom. The zero-order chi connectivity index (χ0) is 11.1. The van der Waals surface area contributed by atoms with Crippen molar-refractivity contribution >= 4 is 11.8 Å². The van der Waals surface area contributed by atoms with E-state index in [1.165, 1.54) is 0 Å². The summed E-state index contributed by atoms with van der Waals surface area (Å²) in [6.45, 7) is 7.24. The zero-order valence-electron chi connectivity index (χ0n) is 9.66. The second-order valence-corrected chi connectivity index (χ2v) is 4.91. The first-order valence-electron chi connectivity index (χ1n) is 5.34. The molecular formula is C11H19N3S. The molecule has 1 rings (SSSR count). The van der Waals surface area contributed by atoms with Crippen molar-refractivity contribution in [3.05, 3.63) is 23.8 Å². The van der Waals surface area contributed by atoms with Gasteiger partial charge in [0.05, 0.1) is 11.4 Å². The maximum absolute atomic E-state index is 4.49. The summed E-state index contributed by atoms with van der Waals surface area (Å²) in [7, 11) is 0. The van der Waals surface area contributed by atoms with E-state index >= 15 is 0 Å². The van der Waals surface area contributed by atoms with Crippen molar-refractivity contribution in [2.24, 2.45) is 0 Å². The summed E-state index contributed by atoms with van der Waals surface area (Å²) in [6, 6.07) is 2.46. The molecule has 0 amide bonds. The van der Waals surface area contributed by atoms with Crippen molar-refractivity contribution in [1.29, 1.82) is 0 Å². The van der Waals surface area contributed by atoms with Crippen molar-refractivity contribution < 1.29 is 0 Å². The molecule has 0 aliphatic carbocycles. The van der Waals surface area contributed by atoms with E-state index < -0.39 is 0 Å². The Kier molecular flexibility index (Phi) is 5.65. The molecule has 0 bridgehead atoms. The van der Waals surface area contributed by atoms with E-state index in [2.05, 4.69) is 36.1 Å². The van der Waals surface area contributed by atoms with E-state index in [4.69, 9.17) is 0 Å². The molecule has 0 aromatic carbocycles. The molecule has 1 heterocycles. The highest BCUT2D eigenvalue weighted by Gasteiger charge is 2.00. The highest BCUT2D eigenvalue weighted by molar-refractivity contribution is 7.98. The van der Waals surface area contributed by atoms with E-state index in [1.807, 2.05) is 24.0 Å². The summed E-state index contributed by atoms with van der Waals surface area (Å²) in [5, 5.41) is 3.35. The van der Waals surface area contributed by atoms with Gasteiger partial charge in [0, 0.05) is 18.8 Å². The molecule has 0 aliphatic rings. The van der Waals surface area contributed by atoms with Gasteiger partial charge < -0.3 is 5.32 Å². The van der Waals surface area contributed by atoms with Crippen LogP contribution in [-0.2, 0) is 12.3 Å². The fraction of sp³-hybridized carbons (Fsp3) is 0.636. The Hall–Kier alpha value is -0.610. The molecule has 0 saturated carbocycles. The predicted octanol–water partition coefficient (Wildman–Crippen LogP) is 2.23. The largest absolute Gasteiger partial charge is 0.309 e. The third-order valence-electron chi connectivity index (χ3n) is 1.89. The normalized spacial score (nSPS) is 10.9. The Labute approximate surface area is 96.1 Å². The Bertz CT molecular complexity index is 289. The van der Waals surface area contributed by atoms with Crippen LogP contribution in [0.1, 0.15) is 32.3 Å². The molecule has 1 N–H and O–H groups in total. The Morgan fingerprint density at radius 3 is 2.93 bits per heavy atom. The number of thioether (sulfide) groups is 1. The smallest absolute Gasteiger partial charge is 0.138 e. The van der Waals surface area contributed by atoms with Gasteiger partial charge in [-0.25, -0.2) is 9.97 Å². The van der Waals surface area contributed by atoms with Gasteiger partial charge in [0.25, 0.3) is 0 Å². The van der Waals surface area contributed by atoms with Gasteiger partial charge in [0.15, 0.2) is 0 Å². The summed E-state index contributed by atoms with van der Waals surface area (Å²) in [6.07, 6.45) is 1.84. The standard InChI is InChI=1S/C11H19N3S/c1-4-15-8-11-12-6-5-10(14-11)7-13-9(2)3/h5-6,9,13H,4,7-8H2,1-3H3. The summed E-state index contributed by atoms with van der Waals surface area (Å²) in [4.78, 5) is 8.73. The van der Waals surface area contributed by atoms with Gasteiger partial charge in [-0.1, -0.05) is 20.8 Å². The van der Waals surface area contributed by atoms with E-state index in [0.29, 0.717) is 6.04 Å². The van der Waals surface area contributed by atoms with Gasteiger partial charge >= 0.3 is 0 Å². The summed E-state index contributed by atoms with van der Waals surface area (Å²) in [5.74, 6) is 2.95. The SMILES string of the molecule is CCSCc1nccc(CNC(C)C)n1. The number of nitrogens with zero attached hydrogens (tertiary/aromatic N) is 2. The highest BCUT2D eigenvalue weighted by atomic mass is 32.2. The molecule has 84 valence electrons. The number of hydrogen-bond donors (Lipinski definition) is 1. The third kappa shape index (κ3) is 5.14. The third-order valence-corrected chi connectivity index (χ3v) is 2.76. The van der Waals surface area contributed by atoms with Crippen molar-refractivity contribution in [3.8, 4) is 0 Å². The predicted molar refractivity (Wildman–Crippen MR) is 65.8 cm³/mol. The van der Waals surface area contributed by atoms with Crippen LogP contribution >= 0.6 is 11.8 Å². The van der Waals surface area contributed by atoms with Crippen LogP contribution in [0.2, 0.25) is 0 Å². The van der Waals surface area contributed by atoms with Crippen molar-refractivity contribution in [2.45, 2.75) is 39.1 Å². The average Bonchev–Trinajstić information content (AvgIpc) is 2.24. The monoisotopic (exact) mass is 225 g/mol. The quantitative estimate of drug-likeness (QED) is 0.805. The van der Waals surface area contributed by atoms with Crippen LogP contribution in [0.5, 0.6) is 0 Å². The Balaban J connectivity index is 2.50. The number of hydrogen-bond acceptors (Lipinski definition) is 4. The van der Waals surface area contributed by atoms with Crippen LogP contribution < -0.4 is 5.32 Å². The van der Waals surface area contributed by atoms with E-state index in [9.17, 15) is 0 Å². The first-order valence-corrected chi connectivity index (χ1v) is 6.49. The molecule has 0 atom stereocenters. The van der Waals surface area contributed by atoms with Crippen LogP contribution in [0.25, 0.3) is 0 Å². The summed E-state index contributed by atoms with van der Waals surface area (Å²) >= 11 is 1.85. The fourth-order valence-electron chi connectivity index (χ4n) is 1.11. The number of nitrogens with one attached hydrogen (secondary N) is 1. The number of aromatic nitrogens is 2. The molecule has 0 saturated heterocycles. The lowest BCUT2D eigenvalue weighted by atomic mass is 10.3. The molecule has 1 aromatic rings. The van der Waals surface area contributed by atoms with Crippen LogP contribution in [0.3, 0.4) is 0 Å². The van der Waals surface area contributed by atoms with Gasteiger partial charge in [0.1, 0.15) is 5.82 Å². The maximum atomic E-state index is 4.49. The van der Waals surface area contributed by atoms with E-state index in [1.54, 1.807) is 0 Å². The number of rotatable bonds is 6. The second-order valence-electron chi connectivity index (χ2n) is 3.64. The van der Waals surface area contributed by atoms with Crippen LogP contribution in [0.15, 0.2) is 12.3 Å². The first-order chi connectivity index (χ1) is 7.22. The molecule has 0 radical (unpaired) electrons. The summed E-state index contributed by atoms with van der Waals surface area (Å²) < 4.78 is 0. The molecule has 1 aromatic heterocycles. The minimum Gasteiger partial charge on any atom is -0.309 e. The lowest BCUT2D eigenvalue weighted by Crippen LogP contribution is -2.22. The van der Waals surface area contributed by atoms with E-state index in [0.717, 1.165) is 29.6 Å². The van der Waals surface area contributed by atoms with Crippen LogP contribution in [0, 0.1) is 0 Å². The van der Waals surface area contributed by atoms with Crippen molar-refractivity contribution in [1.82, 2.24) is 15.3 Å². The molecule has 3 nitrogen and oxygen atoms in total. The van der Waals surface area contributed by atoms with Crippen molar-refractivity contribution in [3.63, 3.8) is 0 Å². The molecule has 4 heteroatoms. The lowest BCUT2D eigenvalue weighted by molar-refractivity contribution is 0.579. The Morgan fingerprint density at radius 1 is 1.47 bits per heavy atom. The van der Waals surface area contributed by atoms with Gasteiger partial charge in [-0.05, 0) is 11.8 Å². The van der Waals surface area contributed by atoms with Crippen molar-refractivity contribution in [2.75, 3.05) is 5.75 Å². The van der Waals surface area contributed by atoms with Gasteiger partial charge in [-0.3, -0.25) is 0 Å². The van der Waals surface area contributed by atoms with Gasteiger partial charge in [-0.2, -0.15) is 11.8 Å². The molecule has 0 aliphatic heterocycles. The highest BCUT2D eigenvalue weighted by Crippen LogP contribution is 2.07. The average molecular weight is 225 g/mol. The maximum Gasteiger partial charge on any atom is 0.138 e. The zero-order valence-corrected chi connectivity index (χ0v) is 10.5. The fourth-order valence-corrected chi connectivity index (χ4v) is 1.64. The van der Waals surface area contributed by atoms with Crippen LogP contribution in [-0.4, -0.2) is 21.8 Å². The minimum absolute atomic E-state index is 0.494. The minimum atomic E-state index is 0.494. The lowest BCUT2D eigenvalue weighted by Gasteiger charge is -2.07. The molecule has 0 spiro atoms. The first kappa shape index (κ1) is 12.5. The molecule has 15 heavy (non-hydrogen) atoms. The van der Waals surface area contributed by atoms with E-state index in [-0.39, 0.29) is 0 Å². The molecule has 0 fully saturated rings. The van der Waals surface area contributed by atoms with Gasteiger partial charge in [-0.15, -0.1) is 0 Å². The van der Waals surface area contributed by atoms with Crippen LogP contribution in [0.4, 0.5) is 0 Å². The molecular weight excluding hydrogens is 206 g/mol. The summed E-state index contributed by atoms with van der Waals surface area (Å²) in [5.41, 5.74) is 1.07. The topological polar surface area (TPSA) is 37.8 Å². The molecule has 0 unspecified atom stereocenters. The second kappa shape index (κ2) is 6.80. The van der Waals surface area contributed by atoms with Gasteiger partial charge in [0.2, 0.25) is 0 Å².